The maximum atomic E-state index is 13.0. The first kappa shape index (κ1) is 23.5. The van der Waals surface area contributed by atoms with Crippen LogP contribution in [-0.2, 0) is 24.2 Å². The summed E-state index contributed by atoms with van der Waals surface area (Å²) < 4.78 is 11.0. The van der Waals surface area contributed by atoms with E-state index in [2.05, 4.69) is 9.80 Å². The van der Waals surface area contributed by atoms with E-state index in [1.807, 2.05) is 30.3 Å². The number of hydrogen-bond donors (Lipinski definition) is 0. The summed E-state index contributed by atoms with van der Waals surface area (Å²) in [5, 5.41) is 1.19. The Kier molecular flexibility index (Phi) is 7.40. The number of nitrogens with zero attached hydrogens (tertiary/aromatic N) is 2. The Bertz CT molecular complexity index is 1000. The van der Waals surface area contributed by atoms with Crippen molar-refractivity contribution in [1.29, 1.82) is 0 Å². The molecule has 3 aliphatic rings. The lowest BCUT2D eigenvalue weighted by Gasteiger charge is -2.35. The van der Waals surface area contributed by atoms with E-state index in [1.54, 1.807) is 0 Å². The van der Waals surface area contributed by atoms with Gasteiger partial charge in [0, 0.05) is 26.2 Å². The molecular weight excluding hydrogens is 471 g/mol. The fourth-order valence-electron chi connectivity index (χ4n) is 4.92. The van der Waals surface area contributed by atoms with Crippen LogP contribution in [0.1, 0.15) is 29.5 Å². The molecule has 32 heavy (non-hydrogen) atoms. The highest BCUT2D eigenvalue weighted by Crippen LogP contribution is 2.36. The van der Waals surface area contributed by atoms with Crippen LogP contribution in [0.25, 0.3) is 0 Å². The predicted octanol–water partition coefficient (Wildman–Crippen LogP) is 4.98. The van der Waals surface area contributed by atoms with Crippen molar-refractivity contribution in [3.63, 3.8) is 0 Å². The Hall–Kier alpha value is -1.66. The standard InChI is InChI=1S/C24H26Cl2N2O3.ClH/c25-20-4-3-16(8-21(20)26)12-27-6-1-2-17(13-27)14-28-7-5-18-9-22-23(31-15-30-22)10-19(18)11-24(28)29;/h3-4,8-10,17H,1-2,5-7,11-15H2;1H. The lowest BCUT2D eigenvalue weighted by atomic mass is 9.96. The van der Waals surface area contributed by atoms with Crippen molar-refractivity contribution in [2.75, 3.05) is 33.0 Å². The van der Waals surface area contributed by atoms with Crippen LogP contribution < -0.4 is 9.47 Å². The van der Waals surface area contributed by atoms with Crippen LogP contribution >= 0.6 is 35.6 Å². The average molecular weight is 498 g/mol. The van der Waals surface area contributed by atoms with Gasteiger partial charge in [-0.1, -0.05) is 29.3 Å². The fourth-order valence-corrected chi connectivity index (χ4v) is 5.24. The van der Waals surface area contributed by atoms with Gasteiger partial charge in [-0.3, -0.25) is 9.69 Å². The molecule has 2 aromatic rings. The minimum Gasteiger partial charge on any atom is -0.454 e. The van der Waals surface area contributed by atoms with E-state index < -0.39 is 0 Å². The lowest BCUT2D eigenvalue weighted by molar-refractivity contribution is -0.131. The molecule has 1 saturated heterocycles. The van der Waals surface area contributed by atoms with Crippen molar-refractivity contribution < 1.29 is 14.3 Å². The first-order valence-corrected chi connectivity index (χ1v) is 11.7. The monoisotopic (exact) mass is 496 g/mol. The summed E-state index contributed by atoms with van der Waals surface area (Å²) in [6.45, 7) is 4.76. The van der Waals surface area contributed by atoms with E-state index in [-0.39, 0.29) is 25.1 Å². The van der Waals surface area contributed by atoms with Crippen LogP contribution in [0.3, 0.4) is 0 Å². The van der Waals surface area contributed by atoms with Gasteiger partial charge in [0.05, 0.1) is 16.5 Å². The minimum absolute atomic E-state index is 0. The molecule has 8 heteroatoms. The van der Waals surface area contributed by atoms with Crippen LogP contribution in [0.2, 0.25) is 10.0 Å². The average Bonchev–Trinajstić information content (AvgIpc) is 3.15. The Labute approximate surface area is 205 Å². The zero-order valence-electron chi connectivity index (χ0n) is 17.8. The molecule has 5 nitrogen and oxygen atoms in total. The second-order valence-electron chi connectivity index (χ2n) is 8.73. The van der Waals surface area contributed by atoms with Crippen LogP contribution in [0, 0.1) is 5.92 Å². The zero-order chi connectivity index (χ0) is 21.4. The van der Waals surface area contributed by atoms with Gasteiger partial charge in [-0.05, 0) is 72.7 Å². The fraction of sp³-hybridized carbons (Fsp3) is 0.458. The highest BCUT2D eigenvalue weighted by atomic mass is 35.5. The number of likely N-dealkylation sites (tertiary alicyclic amines) is 1. The summed E-state index contributed by atoms with van der Waals surface area (Å²) in [5.41, 5.74) is 3.44. The second-order valence-corrected chi connectivity index (χ2v) is 9.55. The molecule has 0 aliphatic carbocycles. The van der Waals surface area contributed by atoms with Crippen molar-refractivity contribution in [3.8, 4) is 11.5 Å². The molecule has 0 radical (unpaired) electrons. The van der Waals surface area contributed by atoms with E-state index in [1.165, 1.54) is 11.1 Å². The number of hydrogen-bond acceptors (Lipinski definition) is 4. The summed E-state index contributed by atoms with van der Waals surface area (Å²) >= 11 is 12.2. The van der Waals surface area contributed by atoms with Gasteiger partial charge in [-0.25, -0.2) is 0 Å². The summed E-state index contributed by atoms with van der Waals surface area (Å²) in [5.74, 6) is 2.24. The topological polar surface area (TPSA) is 42.0 Å². The molecule has 172 valence electrons. The Morgan fingerprint density at radius 3 is 2.56 bits per heavy atom. The normalized spacial score (nSPS) is 20.5. The van der Waals surface area contributed by atoms with Gasteiger partial charge in [-0.2, -0.15) is 0 Å². The number of ether oxygens (including phenoxy) is 2. The third-order valence-corrected chi connectivity index (χ3v) is 7.25. The highest BCUT2D eigenvalue weighted by molar-refractivity contribution is 6.42. The predicted molar refractivity (Wildman–Crippen MR) is 128 cm³/mol. The maximum absolute atomic E-state index is 13.0. The van der Waals surface area contributed by atoms with Gasteiger partial charge in [-0.15, -0.1) is 12.4 Å². The molecular formula is C24H27Cl3N2O3. The number of amides is 1. The first-order valence-electron chi connectivity index (χ1n) is 10.9. The number of halogens is 3. The van der Waals surface area contributed by atoms with Crippen molar-refractivity contribution >= 4 is 41.5 Å². The van der Waals surface area contributed by atoms with E-state index >= 15 is 0 Å². The number of benzene rings is 2. The SMILES string of the molecule is Cl.O=C1Cc2cc3c(cc2CCN1CC1CCCN(Cc2ccc(Cl)c(Cl)c2)C1)OCO3. The molecule has 0 bridgehead atoms. The first-order chi connectivity index (χ1) is 15.0. The Morgan fingerprint density at radius 2 is 1.78 bits per heavy atom. The molecule has 3 heterocycles. The van der Waals surface area contributed by atoms with Crippen LogP contribution in [0.5, 0.6) is 11.5 Å². The van der Waals surface area contributed by atoms with Gasteiger partial charge >= 0.3 is 0 Å². The molecule has 1 atom stereocenters. The van der Waals surface area contributed by atoms with Crippen LogP contribution in [0.15, 0.2) is 30.3 Å². The Balaban J connectivity index is 0.00000245. The zero-order valence-corrected chi connectivity index (χ0v) is 20.1. The van der Waals surface area contributed by atoms with Crippen molar-refractivity contribution in [1.82, 2.24) is 9.80 Å². The van der Waals surface area contributed by atoms with Gasteiger partial charge in [0.2, 0.25) is 12.7 Å². The van der Waals surface area contributed by atoms with Gasteiger partial charge in [0.1, 0.15) is 0 Å². The van der Waals surface area contributed by atoms with Gasteiger partial charge in [0.25, 0.3) is 0 Å². The molecule has 1 fully saturated rings. The highest BCUT2D eigenvalue weighted by Gasteiger charge is 2.28. The number of piperidine rings is 1. The summed E-state index contributed by atoms with van der Waals surface area (Å²) in [6, 6.07) is 9.89. The molecule has 0 spiro atoms. The van der Waals surface area contributed by atoms with E-state index in [9.17, 15) is 4.79 Å². The maximum Gasteiger partial charge on any atom is 0.231 e. The van der Waals surface area contributed by atoms with Gasteiger partial charge in [0.15, 0.2) is 11.5 Å². The molecule has 2 aromatic carbocycles. The molecule has 3 aliphatic heterocycles. The van der Waals surface area contributed by atoms with Crippen molar-refractivity contribution in [2.45, 2.75) is 32.2 Å². The third-order valence-electron chi connectivity index (χ3n) is 6.51. The smallest absolute Gasteiger partial charge is 0.231 e. The molecule has 0 saturated carbocycles. The van der Waals surface area contributed by atoms with E-state index in [0.29, 0.717) is 22.4 Å². The number of carbonyl (C=O) groups excluding carboxylic acids is 1. The van der Waals surface area contributed by atoms with E-state index in [4.69, 9.17) is 32.7 Å². The number of carbonyl (C=O) groups is 1. The molecule has 1 unspecified atom stereocenters. The third kappa shape index (κ3) is 5.12. The molecule has 5 rings (SSSR count). The summed E-state index contributed by atoms with van der Waals surface area (Å²) in [7, 11) is 0. The van der Waals surface area contributed by atoms with Crippen molar-refractivity contribution in [2.24, 2.45) is 5.92 Å². The Morgan fingerprint density at radius 1 is 1.00 bits per heavy atom. The summed E-state index contributed by atoms with van der Waals surface area (Å²) in [6.07, 6.45) is 3.60. The van der Waals surface area contributed by atoms with E-state index in [0.717, 1.165) is 69.0 Å². The molecule has 1 amide bonds. The number of rotatable bonds is 4. The van der Waals surface area contributed by atoms with Crippen LogP contribution in [-0.4, -0.2) is 48.7 Å². The van der Waals surface area contributed by atoms with Crippen LogP contribution in [0.4, 0.5) is 0 Å². The second kappa shape index (κ2) is 10.1. The summed E-state index contributed by atoms with van der Waals surface area (Å²) in [4.78, 5) is 17.5. The van der Waals surface area contributed by atoms with Crippen molar-refractivity contribution in [3.05, 3.63) is 57.1 Å². The quantitative estimate of drug-likeness (QED) is 0.597. The largest absolute Gasteiger partial charge is 0.454 e. The molecule has 0 aromatic heterocycles. The minimum atomic E-state index is 0. The number of fused-ring (bicyclic) bond motifs is 2. The molecule has 0 N–H and O–H groups in total. The van der Waals surface area contributed by atoms with Gasteiger partial charge < -0.3 is 14.4 Å². The lowest BCUT2D eigenvalue weighted by Crippen LogP contribution is -2.43.